The molecule has 15 heavy (non-hydrogen) atoms. The van der Waals surface area contributed by atoms with Crippen LogP contribution in [0.2, 0.25) is 0 Å². The van der Waals surface area contributed by atoms with Crippen molar-refractivity contribution >= 4 is 11.8 Å². The van der Waals surface area contributed by atoms with Crippen LogP contribution in [0.3, 0.4) is 0 Å². The van der Waals surface area contributed by atoms with Gasteiger partial charge in [-0.1, -0.05) is 0 Å². The molecule has 0 aromatic carbocycles. The molecular formula is C11H9N3O. The lowest BCUT2D eigenvalue weighted by atomic mass is 10.2. The lowest BCUT2D eigenvalue weighted by Gasteiger charge is -1.98. The van der Waals surface area contributed by atoms with Crippen molar-refractivity contribution in [1.29, 1.82) is 0 Å². The van der Waals surface area contributed by atoms with Crippen LogP contribution in [0.5, 0.6) is 0 Å². The predicted molar refractivity (Wildman–Crippen MR) is 56.8 cm³/mol. The average molecular weight is 199 g/mol. The highest BCUT2D eigenvalue weighted by molar-refractivity contribution is 5.74. The predicted octanol–water partition coefficient (Wildman–Crippen LogP) is 1.93. The van der Waals surface area contributed by atoms with Crippen LogP contribution in [-0.4, -0.2) is 20.1 Å². The summed E-state index contributed by atoms with van der Waals surface area (Å²) in [6.07, 6.45) is 9.54. The topological polar surface area (TPSA) is 58.9 Å². The summed E-state index contributed by atoms with van der Waals surface area (Å²) in [4.78, 5) is 11.8. The first-order chi connectivity index (χ1) is 7.36. The molecule has 0 saturated heterocycles. The molecule has 0 bridgehead atoms. The summed E-state index contributed by atoms with van der Waals surface area (Å²) in [6, 6.07) is 3.45. The quantitative estimate of drug-likeness (QED) is 0.751. The molecule has 0 saturated carbocycles. The largest absolute Gasteiger partial charge is 0.507 e. The number of rotatable bonds is 2. The average Bonchev–Trinajstić information content (AvgIpc) is 2.31. The van der Waals surface area contributed by atoms with Gasteiger partial charge in [-0.25, -0.2) is 0 Å². The summed E-state index contributed by atoms with van der Waals surface area (Å²) in [6.45, 7) is 0. The second-order valence-electron chi connectivity index (χ2n) is 2.90. The van der Waals surface area contributed by atoms with Gasteiger partial charge in [-0.15, -0.1) is 0 Å². The first-order valence-electron chi connectivity index (χ1n) is 4.43. The van der Waals surface area contributed by atoms with Gasteiger partial charge in [0.05, 0.1) is 11.9 Å². The molecule has 0 unspecified atom stereocenters. The number of hydrogen-bond donors (Lipinski definition) is 1. The lowest BCUT2D eigenvalue weighted by Crippen LogP contribution is -1.86. The van der Waals surface area contributed by atoms with E-state index in [1.54, 1.807) is 49.2 Å². The van der Waals surface area contributed by atoms with Crippen molar-refractivity contribution < 1.29 is 5.11 Å². The fourth-order valence-corrected chi connectivity index (χ4v) is 1.13. The fraction of sp³-hybridized carbons (Fsp3) is 0. The minimum absolute atomic E-state index is 0.151. The van der Waals surface area contributed by atoms with Gasteiger partial charge in [0.15, 0.2) is 0 Å². The maximum Gasteiger partial charge on any atom is 0.125 e. The molecule has 0 amide bonds. The van der Waals surface area contributed by atoms with Gasteiger partial charge in [-0.2, -0.15) is 0 Å². The van der Waals surface area contributed by atoms with E-state index < -0.39 is 0 Å². The van der Waals surface area contributed by atoms with Crippen molar-refractivity contribution in [3.63, 3.8) is 0 Å². The highest BCUT2D eigenvalue weighted by Gasteiger charge is 1.98. The van der Waals surface area contributed by atoms with Crippen molar-refractivity contribution in [2.45, 2.75) is 0 Å². The number of aliphatic hydroxyl groups excluding tert-OH is 1. The third kappa shape index (κ3) is 2.37. The van der Waals surface area contributed by atoms with E-state index in [0.717, 1.165) is 0 Å². The van der Waals surface area contributed by atoms with Gasteiger partial charge in [0.1, 0.15) is 5.76 Å². The molecule has 0 aliphatic rings. The van der Waals surface area contributed by atoms with Crippen LogP contribution in [0.25, 0.3) is 11.8 Å². The van der Waals surface area contributed by atoms with Gasteiger partial charge >= 0.3 is 0 Å². The van der Waals surface area contributed by atoms with Crippen LogP contribution in [-0.2, 0) is 0 Å². The second-order valence-corrected chi connectivity index (χ2v) is 2.90. The number of nitrogens with zero attached hydrogens (tertiary/aromatic N) is 3. The van der Waals surface area contributed by atoms with E-state index in [1.807, 2.05) is 0 Å². The number of pyridine rings is 1. The van der Waals surface area contributed by atoms with E-state index in [9.17, 15) is 5.11 Å². The van der Waals surface area contributed by atoms with E-state index in [2.05, 4.69) is 15.0 Å². The molecule has 2 aromatic rings. The Kier molecular flexibility index (Phi) is 2.69. The van der Waals surface area contributed by atoms with Crippen LogP contribution < -0.4 is 0 Å². The number of aliphatic hydroxyl groups is 1. The zero-order chi connectivity index (χ0) is 10.5. The Labute approximate surface area is 87.0 Å². The highest BCUT2D eigenvalue weighted by atomic mass is 16.3. The standard InChI is InChI=1S/C11H9N3O/c15-11(9-1-3-12-4-2-9)7-10-8-13-5-6-14-10/h1-8,15H/b11-7-. The van der Waals surface area contributed by atoms with Gasteiger partial charge in [-0.05, 0) is 12.1 Å². The third-order valence-corrected chi connectivity index (χ3v) is 1.84. The van der Waals surface area contributed by atoms with Gasteiger partial charge in [-0.3, -0.25) is 15.0 Å². The van der Waals surface area contributed by atoms with Crippen LogP contribution in [0.1, 0.15) is 11.3 Å². The summed E-state index contributed by atoms with van der Waals surface area (Å²) in [5.74, 6) is 0.151. The normalized spacial score (nSPS) is 11.3. The van der Waals surface area contributed by atoms with Crippen LogP contribution in [0.4, 0.5) is 0 Å². The van der Waals surface area contributed by atoms with Gasteiger partial charge < -0.3 is 5.11 Å². The summed E-state index contributed by atoms with van der Waals surface area (Å²) >= 11 is 0. The summed E-state index contributed by atoms with van der Waals surface area (Å²) in [7, 11) is 0. The smallest absolute Gasteiger partial charge is 0.125 e. The molecule has 2 rings (SSSR count). The molecule has 0 aliphatic heterocycles. The monoisotopic (exact) mass is 199 g/mol. The molecule has 74 valence electrons. The Balaban J connectivity index is 2.29. The van der Waals surface area contributed by atoms with Gasteiger partial charge in [0.2, 0.25) is 0 Å². The van der Waals surface area contributed by atoms with Crippen LogP contribution >= 0.6 is 0 Å². The van der Waals surface area contributed by atoms with Crippen LogP contribution in [0, 0.1) is 0 Å². The van der Waals surface area contributed by atoms with Crippen molar-refractivity contribution in [3.05, 3.63) is 54.4 Å². The number of hydrogen-bond acceptors (Lipinski definition) is 4. The van der Waals surface area contributed by atoms with Crippen molar-refractivity contribution in [2.24, 2.45) is 0 Å². The molecule has 0 spiro atoms. The van der Waals surface area contributed by atoms with Crippen molar-refractivity contribution in [1.82, 2.24) is 15.0 Å². The van der Waals surface area contributed by atoms with E-state index in [0.29, 0.717) is 11.3 Å². The first kappa shape index (κ1) is 9.33. The Bertz CT molecular complexity index is 454. The first-order valence-corrected chi connectivity index (χ1v) is 4.43. The Morgan fingerprint density at radius 1 is 1.07 bits per heavy atom. The molecule has 0 fully saturated rings. The summed E-state index contributed by atoms with van der Waals surface area (Å²) < 4.78 is 0. The van der Waals surface area contributed by atoms with E-state index >= 15 is 0 Å². The minimum atomic E-state index is 0.151. The molecule has 2 heterocycles. The lowest BCUT2D eigenvalue weighted by molar-refractivity contribution is 0.515. The van der Waals surface area contributed by atoms with Crippen LogP contribution in [0.15, 0.2) is 43.1 Å². The molecular weight excluding hydrogens is 190 g/mol. The van der Waals surface area contributed by atoms with E-state index in [-0.39, 0.29) is 5.76 Å². The zero-order valence-electron chi connectivity index (χ0n) is 7.91. The molecule has 0 aliphatic carbocycles. The molecule has 0 atom stereocenters. The zero-order valence-corrected chi connectivity index (χ0v) is 7.91. The van der Waals surface area contributed by atoms with E-state index in [1.165, 1.54) is 0 Å². The molecule has 1 N–H and O–H groups in total. The second kappa shape index (κ2) is 4.32. The Hall–Kier alpha value is -2.23. The third-order valence-electron chi connectivity index (χ3n) is 1.84. The molecule has 2 aromatic heterocycles. The molecule has 4 nitrogen and oxygen atoms in total. The maximum atomic E-state index is 9.74. The molecule has 0 radical (unpaired) electrons. The maximum absolute atomic E-state index is 9.74. The minimum Gasteiger partial charge on any atom is -0.507 e. The molecule has 4 heteroatoms. The van der Waals surface area contributed by atoms with Gasteiger partial charge in [0, 0.05) is 36.4 Å². The van der Waals surface area contributed by atoms with Crippen molar-refractivity contribution in [2.75, 3.05) is 0 Å². The SMILES string of the molecule is O/C(=C\c1cnccn1)c1ccncc1. The van der Waals surface area contributed by atoms with Gasteiger partial charge in [0.25, 0.3) is 0 Å². The highest BCUT2D eigenvalue weighted by Crippen LogP contribution is 2.12. The van der Waals surface area contributed by atoms with Crippen molar-refractivity contribution in [3.8, 4) is 0 Å². The fourth-order valence-electron chi connectivity index (χ4n) is 1.13. The number of aromatic nitrogens is 3. The Morgan fingerprint density at radius 2 is 1.87 bits per heavy atom. The van der Waals surface area contributed by atoms with E-state index in [4.69, 9.17) is 0 Å². The summed E-state index contributed by atoms with van der Waals surface area (Å²) in [5, 5.41) is 9.74. The Morgan fingerprint density at radius 3 is 2.53 bits per heavy atom. The summed E-state index contributed by atoms with van der Waals surface area (Å²) in [5.41, 5.74) is 1.32.